The molecule has 11 heavy (non-hydrogen) atoms. The normalized spacial score (nSPS) is 9.18. The van der Waals surface area contributed by atoms with Gasteiger partial charge in [0.25, 0.3) is 0 Å². The minimum absolute atomic E-state index is 0.385. The van der Waals surface area contributed by atoms with E-state index in [2.05, 4.69) is 10.3 Å². The molecule has 3 heteroatoms. The molecule has 0 saturated carbocycles. The Morgan fingerprint density at radius 3 is 3.00 bits per heavy atom. The molecule has 1 heterocycles. The van der Waals surface area contributed by atoms with Gasteiger partial charge in [-0.05, 0) is 12.1 Å². The predicted octanol–water partition coefficient (Wildman–Crippen LogP) is 0.409. The van der Waals surface area contributed by atoms with Gasteiger partial charge in [0.1, 0.15) is 0 Å². The number of nitrogens with zero attached hydrogens (tertiary/aromatic N) is 1. The molecule has 0 aliphatic rings. The second kappa shape index (κ2) is 3.71. The fraction of sp³-hybridized carbons (Fsp3) is 0.125. The Balaban J connectivity index is 2.45. The van der Waals surface area contributed by atoms with E-state index < -0.39 is 5.91 Å². The molecule has 1 N–H and O–H groups in total. The zero-order chi connectivity index (χ0) is 8.10. The maximum atomic E-state index is 10.3. The second-order valence-corrected chi connectivity index (χ2v) is 2.04. The van der Waals surface area contributed by atoms with Gasteiger partial charge in [0.15, 0.2) is 0 Å². The van der Waals surface area contributed by atoms with Crippen LogP contribution < -0.4 is 5.32 Å². The summed E-state index contributed by atoms with van der Waals surface area (Å²) in [5.41, 5.74) is 0.798. The highest BCUT2D eigenvalue weighted by Crippen LogP contribution is 1.90. The van der Waals surface area contributed by atoms with Crippen molar-refractivity contribution in [3.63, 3.8) is 0 Å². The number of hydrogen-bond donors (Lipinski definition) is 1. The van der Waals surface area contributed by atoms with Crippen LogP contribution in [0.3, 0.4) is 0 Å². The lowest BCUT2D eigenvalue weighted by Gasteiger charge is -1.98. The van der Waals surface area contributed by atoms with Gasteiger partial charge in [-0.15, -0.1) is 0 Å². The molecule has 0 unspecified atom stereocenters. The van der Waals surface area contributed by atoms with Crippen molar-refractivity contribution in [3.05, 3.63) is 37.0 Å². The highest BCUT2D eigenvalue weighted by atomic mass is 16.1. The number of pyridine rings is 1. The molecular formula is C8H8N2O. The monoisotopic (exact) mass is 148 g/mol. The van der Waals surface area contributed by atoms with E-state index >= 15 is 0 Å². The fourth-order valence-corrected chi connectivity index (χ4v) is 0.680. The molecule has 0 aliphatic carbocycles. The van der Waals surface area contributed by atoms with Gasteiger partial charge in [-0.3, -0.25) is 9.78 Å². The lowest BCUT2D eigenvalue weighted by molar-refractivity contribution is -0.116. The van der Waals surface area contributed by atoms with Gasteiger partial charge in [0, 0.05) is 6.20 Å². The largest absolute Gasteiger partial charge is 0.350 e. The van der Waals surface area contributed by atoms with E-state index in [-0.39, 0.29) is 0 Å². The van der Waals surface area contributed by atoms with Crippen molar-refractivity contribution in [3.8, 4) is 0 Å². The van der Waals surface area contributed by atoms with Crippen LogP contribution in [0.1, 0.15) is 5.69 Å². The fourth-order valence-electron chi connectivity index (χ4n) is 0.680. The number of aromatic nitrogens is 1. The van der Waals surface area contributed by atoms with Crippen LogP contribution in [0.2, 0.25) is 0 Å². The summed E-state index contributed by atoms with van der Waals surface area (Å²) in [6.07, 6.45) is 1.66. The molecule has 0 bridgehead atoms. The van der Waals surface area contributed by atoms with Crippen molar-refractivity contribution in [1.29, 1.82) is 0 Å². The number of nitrogens with one attached hydrogen (secondary N) is 1. The van der Waals surface area contributed by atoms with Crippen LogP contribution >= 0.6 is 0 Å². The first kappa shape index (κ1) is 7.72. The van der Waals surface area contributed by atoms with E-state index in [1.54, 1.807) is 6.20 Å². The summed E-state index contributed by atoms with van der Waals surface area (Å²) in [5, 5.41) is 2.44. The predicted molar refractivity (Wildman–Crippen MR) is 40.4 cm³/mol. The Labute approximate surface area is 65.5 Å². The first-order valence-electron chi connectivity index (χ1n) is 3.22. The Bertz CT molecular complexity index is 233. The van der Waals surface area contributed by atoms with Crippen LogP contribution in [0.5, 0.6) is 0 Å². The number of carbonyl (C=O) groups is 1. The van der Waals surface area contributed by atoms with Crippen molar-refractivity contribution in [2.24, 2.45) is 0 Å². The highest BCUT2D eigenvalue weighted by molar-refractivity contribution is 5.79. The van der Waals surface area contributed by atoms with Crippen molar-refractivity contribution >= 4 is 5.91 Å². The average molecular weight is 148 g/mol. The molecule has 1 aromatic heterocycles. The van der Waals surface area contributed by atoms with Gasteiger partial charge < -0.3 is 5.32 Å². The van der Waals surface area contributed by atoms with Crippen LogP contribution in [0.4, 0.5) is 0 Å². The Hall–Kier alpha value is -1.38. The van der Waals surface area contributed by atoms with Crippen molar-refractivity contribution in [2.45, 2.75) is 6.54 Å². The number of rotatable bonds is 2. The smallest absolute Gasteiger partial charge is 0.225 e. The first-order chi connectivity index (χ1) is 5.29. The molecule has 0 spiro atoms. The number of amides is 1. The number of hydrogen-bond acceptors (Lipinski definition) is 2. The molecule has 1 aromatic rings. The van der Waals surface area contributed by atoms with E-state index in [9.17, 15) is 4.79 Å². The van der Waals surface area contributed by atoms with Gasteiger partial charge in [-0.1, -0.05) is 6.07 Å². The molecule has 0 atom stereocenters. The summed E-state index contributed by atoms with van der Waals surface area (Å²) in [6, 6.07) is 5.48. The third kappa shape index (κ3) is 2.80. The third-order valence-corrected chi connectivity index (χ3v) is 1.17. The highest BCUT2D eigenvalue weighted by Gasteiger charge is 1.92. The lowest BCUT2D eigenvalue weighted by Crippen LogP contribution is -2.19. The summed E-state index contributed by atoms with van der Waals surface area (Å²) in [6.45, 7) is 5.25. The second-order valence-electron chi connectivity index (χ2n) is 2.04. The first-order valence-corrected chi connectivity index (χ1v) is 3.22. The Morgan fingerprint density at radius 1 is 1.64 bits per heavy atom. The van der Waals surface area contributed by atoms with Crippen LogP contribution in [-0.2, 0) is 11.3 Å². The molecule has 1 rings (SSSR count). The van der Waals surface area contributed by atoms with Crippen molar-refractivity contribution in [1.82, 2.24) is 10.3 Å². The van der Waals surface area contributed by atoms with E-state index in [1.165, 1.54) is 0 Å². The van der Waals surface area contributed by atoms with Crippen molar-refractivity contribution < 1.29 is 4.79 Å². The summed E-state index contributed by atoms with van der Waals surface area (Å²) in [7, 11) is 0. The van der Waals surface area contributed by atoms with Crippen molar-refractivity contribution in [2.75, 3.05) is 0 Å². The summed E-state index contributed by atoms with van der Waals surface area (Å²) in [5.74, 6) is -0.532. The molecule has 2 radical (unpaired) electrons. The summed E-state index contributed by atoms with van der Waals surface area (Å²) < 4.78 is 0. The van der Waals surface area contributed by atoms with E-state index in [4.69, 9.17) is 6.92 Å². The minimum Gasteiger partial charge on any atom is -0.350 e. The van der Waals surface area contributed by atoms with Gasteiger partial charge in [-0.2, -0.15) is 0 Å². The van der Waals surface area contributed by atoms with Crippen LogP contribution in [0, 0.1) is 6.92 Å². The Kier molecular flexibility index (Phi) is 2.60. The summed E-state index contributed by atoms with van der Waals surface area (Å²) >= 11 is 0. The van der Waals surface area contributed by atoms with Crippen LogP contribution in [-0.4, -0.2) is 10.9 Å². The van der Waals surface area contributed by atoms with E-state index in [0.717, 1.165) is 5.69 Å². The summed E-state index contributed by atoms with van der Waals surface area (Å²) in [4.78, 5) is 14.2. The van der Waals surface area contributed by atoms with Crippen LogP contribution in [0.25, 0.3) is 0 Å². The molecule has 0 saturated heterocycles. The zero-order valence-electron chi connectivity index (χ0n) is 5.95. The molecule has 0 aromatic carbocycles. The molecule has 0 aliphatic heterocycles. The van der Waals surface area contributed by atoms with E-state index in [1.807, 2.05) is 18.2 Å². The van der Waals surface area contributed by atoms with E-state index in [0.29, 0.717) is 6.54 Å². The lowest BCUT2D eigenvalue weighted by atomic mass is 10.3. The Morgan fingerprint density at radius 2 is 2.45 bits per heavy atom. The van der Waals surface area contributed by atoms with Gasteiger partial charge >= 0.3 is 0 Å². The van der Waals surface area contributed by atoms with Crippen LogP contribution in [0.15, 0.2) is 24.4 Å². The SMILES string of the molecule is [CH]C(=O)NCc1ccccn1. The third-order valence-electron chi connectivity index (χ3n) is 1.17. The molecule has 1 amide bonds. The van der Waals surface area contributed by atoms with Gasteiger partial charge in [-0.25, -0.2) is 0 Å². The molecular weight excluding hydrogens is 140 g/mol. The number of carbonyl (C=O) groups excluding carboxylic acids is 1. The standard InChI is InChI=1S/C8H8N2O/c1-7(11)10-6-8-4-2-3-5-9-8/h1-5H,6H2,(H,10,11). The average Bonchev–Trinajstić information content (AvgIpc) is 2.03. The van der Waals surface area contributed by atoms with Gasteiger partial charge in [0.2, 0.25) is 5.91 Å². The van der Waals surface area contributed by atoms with Gasteiger partial charge in [0.05, 0.1) is 19.2 Å². The topological polar surface area (TPSA) is 42.0 Å². The molecule has 56 valence electrons. The molecule has 3 nitrogen and oxygen atoms in total. The minimum atomic E-state index is -0.532. The maximum absolute atomic E-state index is 10.3. The quantitative estimate of drug-likeness (QED) is 0.660. The molecule has 0 fully saturated rings. The zero-order valence-corrected chi connectivity index (χ0v) is 5.95. The maximum Gasteiger partial charge on any atom is 0.225 e.